The number of unbranched alkanes of at least 4 members (excludes halogenated alkanes) is 57. The number of esters is 1. The Hall–Kier alpha value is -1.66. The van der Waals surface area contributed by atoms with E-state index in [9.17, 15) is 19.8 Å². The molecule has 0 aliphatic heterocycles. The standard InChI is InChI=1S/C75H145NO5/c1-3-5-7-9-11-13-15-17-19-21-33-36-39-43-47-51-55-59-63-67-73(78)72(71-77)76-74(79)68-64-60-56-52-48-44-40-37-34-31-29-27-25-23-22-24-26-28-30-32-35-38-42-46-50-54-58-62-66-70-81-75(80)69-65-61-57-53-49-45-41-20-18-16-14-12-10-8-6-4-2/h22,24,63,67,72-73,77-78H,3-21,23,25-62,64-66,68-71H2,1-2H3,(H,76,79)/b24-22-,67-63+. The molecule has 3 N–H and O–H groups in total. The minimum absolute atomic E-state index is 0.0205. The molecule has 0 heterocycles. The Morgan fingerprint density at radius 1 is 0.333 bits per heavy atom. The zero-order chi connectivity index (χ0) is 58.5. The topological polar surface area (TPSA) is 95.9 Å². The van der Waals surface area contributed by atoms with Crippen LogP contribution in [-0.4, -0.2) is 47.4 Å². The van der Waals surface area contributed by atoms with E-state index in [2.05, 4.69) is 31.3 Å². The van der Waals surface area contributed by atoms with E-state index in [1.807, 2.05) is 6.08 Å². The van der Waals surface area contributed by atoms with Gasteiger partial charge in [0.15, 0.2) is 0 Å². The molecule has 1 amide bonds. The number of amides is 1. The van der Waals surface area contributed by atoms with Gasteiger partial charge in [-0.15, -0.1) is 0 Å². The van der Waals surface area contributed by atoms with Gasteiger partial charge < -0.3 is 20.3 Å². The Morgan fingerprint density at radius 3 is 0.877 bits per heavy atom. The number of carbonyl (C=O) groups excluding carboxylic acids is 2. The summed E-state index contributed by atoms with van der Waals surface area (Å²) in [6, 6.07) is -0.628. The van der Waals surface area contributed by atoms with Gasteiger partial charge >= 0.3 is 5.97 Å². The number of allylic oxidation sites excluding steroid dienone is 3. The number of carbonyl (C=O) groups is 2. The second-order valence-corrected chi connectivity index (χ2v) is 25.6. The highest BCUT2D eigenvalue weighted by molar-refractivity contribution is 5.76. The third-order valence-corrected chi connectivity index (χ3v) is 17.5. The van der Waals surface area contributed by atoms with Crippen molar-refractivity contribution >= 4 is 11.9 Å². The Balaban J connectivity index is 3.38. The summed E-state index contributed by atoms with van der Waals surface area (Å²) in [5.41, 5.74) is 0. The minimum atomic E-state index is -0.844. The molecule has 0 bridgehead atoms. The summed E-state index contributed by atoms with van der Waals surface area (Å²) in [6.07, 6.45) is 89.9. The van der Waals surface area contributed by atoms with Crippen molar-refractivity contribution < 1.29 is 24.5 Å². The molecular weight excluding hydrogens is 995 g/mol. The first-order chi connectivity index (χ1) is 40.0. The molecule has 0 radical (unpaired) electrons. The second-order valence-electron chi connectivity index (χ2n) is 25.6. The quantitative estimate of drug-likeness (QED) is 0.0320. The summed E-state index contributed by atoms with van der Waals surface area (Å²) < 4.78 is 5.51. The van der Waals surface area contributed by atoms with Crippen molar-refractivity contribution in [1.82, 2.24) is 5.32 Å². The molecule has 0 fully saturated rings. The summed E-state index contributed by atoms with van der Waals surface area (Å²) in [5.74, 6) is -0.0427. The highest BCUT2D eigenvalue weighted by atomic mass is 16.5. The molecule has 6 heteroatoms. The van der Waals surface area contributed by atoms with Gasteiger partial charge in [-0.1, -0.05) is 372 Å². The van der Waals surface area contributed by atoms with Gasteiger partial charge in [-0.2, -0.15) is 0 Å². The fraction of sp³-hybridized carbons (Fsp3) is 0.920. The molecule has 0 spiro atoms. The number of aliphatic hydroxyl groups is 2. The van der Waals surface area contributed by atoms with Gasteiger partial charge in [0.2, 0.25) is 5.91 Å². The smallest absolute Gasteiger partial charge is 0.305 e. The van der Waals surface area contributed by atoms with Gasteiger partial charge in [0, 0.05) is 12.8 Å². The monoisotopic (exact) mass is 1140 g/mol. The van der Waals surface area contributed by atoms with Crippen LogP contribution in [0.15, 0.2) is 24.3 Å². The fourth-order valence-corrected chi connectivity index (χ4v) is 11.8. The molecule has 0 rings (SSSR count). The molecule has 0 saturated carbocycles. The van der Waals surface area contributed by atoms with Gasteiger partial charge in [-0.05, 0) is 57.8 Å². The third kappa shape index (κ3) is 67.3. The molecule has 6 nitrogen and oxygen atoms in total. The number of hydrogen-bond acceptors (Lipinski definition) is 5. The molecule has 0 aliphatic carbocycles. The zero-order valence-electron chi connectivity index (χ0n) is 55.0. The maximum Gasteiger partial charge on any atom is 0.305 e. The number of aliphatic hydroxyl groups excluding tert-OH is 2. The highest BCUT2D eigenvalue weighted by Gasteiger charge is 2.18. The third-order valence-electron chi connectivity index (χ3n) is 17.5. The van der Waals surface area contributed by atoms with Crippen LogP contribution < -0.4 is 5.32 Å². The predicted octanol–water partition coefficient (Wildman–Crippen LogP) is 24.1. The van der Waals surface area contributed by atoms with Crippen LogP contribution in [0.3, 0.4) is 0 Å². The summed E-state index contributed by atoms with van der Waals surface area (Å²) in [7, 11) is 0. The van der Waals surface area contributed by atoms with Gasteiger partial charge in [0.1, 0.15) is 0 Å². The number of ether oxygens (including phenoxy) is 1. The lowest BCUT2D eigenvalue weighted by molar-refractivity contribution is -0.143. The van der Waals surface area contributed by atoms with E-state index in [4.69, 9.17) is 4.74 Å². The maximum absolute atomic E-state index is 12.5. The summed E-state index contributed by atoms with van der Waals surface area (Å²) >= 11 is 0. The van der Waals surface area contributed by atoms with Crippen molar-refractivity contribution in [3.8, 4) is 0 Å². The zero-order valence-corrected chi connectivity index (χ0v) is 55.0. The largest absolute Gasteiger partial charge is 0.466 e. The van der Waals surface area contributed by atoms with Crippen LogP contribution in [0.5, 0.6) is 0 Å². The Kier molecular flexibility index (Phi) is 69.4. The van der Waals surface area contributed by atoms with E-state index in [1.165, 1.54) is 353 Å². The van der Waals surface area contributed by atoms with Crippen LogP contribution in [0.25, 0.3) is 0 Å². The molecule has 0 aromatic carbocycles. The lowest BCUT2D eigenvalue weighted by atomic mass is 10.0. The molecule has 480 valence electrons. The number of nitrogens with one attached hydrogen (secondary N) is 1. The Labute approximate surface area is 507 Å². The molecular formula is C75H145NO5. The van der Waals surface area contributed by atoms with E-state index in [-0.39, 0.29) is 18.5 Å². The van der Waals surface area contributed by atoms with Crippen molar-refractivity contribution in [3.05, 3.63) is 24.3 Å². The van der Waals surface area contributed by atoms with Crippen molar-refractivity contribution in [2.24, 2.45) is 0 Å². The Morgan fingerprint density at radius 2 is 0.580 bits per heavy atom. The fourth-order valence-electron chi connectivity index (χ4n) is 11.8. The summed E-state index contributed by atoms with van der Waals surface area (Å²) in [4.78, 5) is 24.6. The van der Waals surface area contributed by atoms with Gasteiger partial charge in [-0.3, -0.25) is 9.59 Å². The van der Waals surface area contributed by atoms with E-state index in [0.29, 0.717) is 19.4 Å². The molecule has 81 heavy (non-hydrogen) atoms. The van der Waals surface area contributed by atoms with E-state index < -0.39 is 12.1 Å². The van der Waals surface area contributed by atoms with Crippen molar-refractivity contribution in [1.29, 1.82) is 0 Å². The van der Waals surface area contributed by atoms with Gasteiger partial charge in [0.05, 0.1) is 25.4 Å². The van der Waals surface area contributed by atoms with E-state index >= 15 is 0 Å². The van der Waals surface area contributed by atoms with E-state index in [1.54, 1.807) is 6.08 Å². The molecule has 2 atom stereocenters. The lowest BCUT2D eigenvalue weighted by Crippen LogP contribution is -2.45. The van der Waals surface area contributed by atoms with Crippen LogP contribution in [0.1, 0.15) is 418 Å². The molecule has 2 unspecified atom stereocenters. The van der Waals surface area contributed by atoms with Gasteiger partial charge in [0.25, 0.3) is 0 Å². The molecule has 0 aromatic heterocycles. The molecule has 0 saturated heterocycles. The van der Waals surface area contributed by atoms with Crippen molar-refractivity contribution in [2.45, 2.75) is 431 Å². The first-order valence-electron chi connectivity index (χ1n) is 37.1. The van der Waals surface area contributed by atoms with Crippen molar-refractivity contribution in [2.75, 3.05) is 13.2 Å². The average Bonchev–Trinajstić information content (AvgIpc) is 3.47. The lowest BCUT2D eigenvalue weighted by Gasteiger charge is -2.20. The summed E-state index contributed by atoms with van der Waals surface area (Å²) in [5, 5.41) is 23.2. The van der Waals surface area contributed by atoms with Crippen LogP contribution >= 0.6 is 0 Å². The number of rotatable bonds is 70. The highest BCUT2D eigenvalue weighted by Crippen LogP contribution is 2.19. The molecule has 0 aromatic rings. The van der Waals surface area contributed by atoms with Crippen molar-refractivity contribution in [3.63, 3.8) is 0 Å². The van der Waals surface area contributed by atoms with E-state index in [0.717, 1.165) is 38.5 Å². The Bertz CT molecular complexity index is 1270. The number of hydrogen-bond donors (Lipinski definition) is 3. The average molecular weight is 1140 g/mol. The molecule has 0 aliphatic rings. The van der Waals surface area contributed by atoms with Crippen LogP contribution in [0, 0.1) is 0 Å². The van der Waals surface area contributed by atoms with Gasteiger partial charge in [-0.25, -0.2) is 0 Å². The first-order valence-corrected chi connectivity index (χ1v) is 37.1. The second kappa shape index (κ2) is 70.8. The SMILES string of the molecule is CCCCCCCCCCCCCCCCCCC/C=C/C(O)C(CO)NC(=O)CCCCCCCCCCCCCCC/C=C\CCCCCCCCCCCCCCOC(=O)CCCCCCCCCCCCCCCCCC. The van der Waals surface area contributed by atoms with Crippen LogP contribution in [0.4, 0.5) is 0 Å². The summed E-state index contributed by atoms with van der Waals surface area (Å²) in [6.45, 7) is 4.95. The van der Waals surface area contributed by atoms with Crippen LogP contribution in [0.2, 0.25) is 0 Å². The predicted molar refractivity (Wildman–Crippen MR) is 356 cm³/mol. The van der Waals surface area contributed by atoms with Crippen LogP contribution in [-0.2, 0) is 14.3 Å². The normalized spacial score (nSPS) is 12.6. The maximum atomic E-state index is 12.5. The minimum Gasteiger partial charge on any atom is -0.466 e. The first kappa shape index (κ1) is 79.3.